The minimum Gasteiger partial charge on any atom is -0.493 e. The molecule has 0 saturated heterocycles. The summed E-state index contributed by atoms with van der Waals surface area (Å²) in [7, 11) is 0. The number of rotatable bonds is 11. The number of hydrogen-bond acceptors (Lipinski definition) is 3. The van der Waals surface area contributed by atoms with Crippen molar-refractivity contribution in [1.82, 2.24) is 0 Å². The molecule has 0 heterocycles. The van der Waals surface area contributed by atoms with Gasteiger partial charge in [0.2, 0.25) is 0 Å². The predicted molar refractivity (Wildman–Crippen MR) is 144 cm³/mol. The molecule has 204 valence electrons. The third-order valence-corrected chi connectivity index (χ3v) is 7.06. The van der Waals surface area contributed by atoms with Crippen LogP contribution in [0.1, 0.15) is 81.0 Å². The van der Waals surface area contributed by atoms with E-state index in [0.29, 0.717) is 30.4 Å². The fourth-order valence-electron chi connectivity index (χ4n) is 4.71. The minimum atomic E-state index is -4.72. The first-order chi connectivity index (χ1) is 18.0. The first kappa shape index (κ1) is 27.9. The molecule has 3 aromatic rings. The van der Waals surface area contributed by atoms with Crippen molar-refractivity contribution >= 4 is 0 Å². The average Bonchev–Trinajstić information content (AvgIpc) is 3.59. The molecule has 38 heavy (non-hydrogen) atoms. The van der Waals surface area contributed by atoms with Crippen molar-refractivity contribution in [2.24, 2.45) is 5.92 Å². The average molecular weight is 527 g/mol. The minimum absolute atomic E-state index is 0.0935. The third-order valence-electron chi connectivity index (χ3n) is 7.06. The molecule has 1 aliphatic carbocycles. The molecule has 3 aromatic carbocycles. The number of halogens is 3. The molecule has 3 nitrogen and oxygen atoms in total. The van der Waals surface area contributed by atoms with Gasteiger partial charge < -0.3 is 14.2 Å². The van der Waals surface area contributed by atoms with Crippen LogP contribution in [0.3, 0.4) is 0 Å². The molecule has 4 rings (SSSR count). The Bertz CT molecular complexity index is 1200. The van der Waals surface area contributed by atoms with E-state index in [4.69, 9.17) is 9.47 Å². The molecule has 1 saturated carbocycles. The van der Waals surface area contributed by atoms with E-state index in [2.05, 4.69) is 50.6 Å². The Morgan fingerprint density at radius 3 is 2.18 bits per heavy atom. The summed E-state index contributed by atoms with van der Waals surface area (Å²) in [6.07, 6.45) is -3.13. The van der Waals surface area contributed by atoms with E-state index in [-0.39, 0.29) is 23.7 Å². The zero-order valence-electron chi connectivity index (χ0n) is 22.7. The van der Waals surface area contributed by atoms with Gasteiger partial charge in [-0.15, -0.1) is 13.2 Å². The van der Waals surface area contributed by atoms with Gasteiger partial charge >= 0.3 is 6.36 Å². The molecule has 0 aliphatic heterocycles. The number of benzene rings is 3. The van der Waals surface area contributed by atoms with Gasteiger partial charge in [0.15, 0.2) is 0 Å². The fourth-order valence-corrected chi connectivity index (χ4v) is 4.71. The van der Waals surface area contributed by atoms with Crippen LogP contribution in [0.25, 0.3) is 0 Å². The van der Waals surface area contributed by atoms with Crippen LogP contribution >= 0.6 is 0 Å². The molecule has 3 atom stereocenters. The molecule has 1 fully saturated rings. The molecule has 3 unspecified atom stereocenters. The van der Waals surface area contributed by atoms with Crippen LogP contribution in [0.4, 0.5) is 13.2 Å². The Kier molecular flexibility index (Phi) is 8.59. The van der Waals surface area contributed by atoms with Gasteiger partial charge in [0.05, 0.1) is 6.61 Å². The van der Waals surface area contributed by atoms with Crippen LogP contribution in [-0.2, 0) is 6.42 Å². The van der Waals surface area contributed by atoms with Crippen LogP contribution in [0.2, 0.25) is 0 Å². The largest absolute Gasteiger partial charge is 0.573 e. The maximum atomic E-state index is 12.9. The highest BCUT2D eigenvalue weighted by atomic mass is 19.4. The van der Waals surface area contributed by atoms with Crippen LogP contribution in [-0.4, -0.2) is 19.1 Å². The molecule has 0 spiro atoms. The highest BCUT2D eigenvalue weighted by Crippen LogP contribution is 2.39. The second-order valence-electron chi connectivity index (χ2n) is 10.9. The molecule has 0 aromatic heterocycles. The fraction of sp³-hybridized carbons (Fsp3) is 0.438. The van der Waals surface area contributed by atoms with Gasteiger partial charge in [-0.3, -0.25) is 0 Å². The van der Waals surface area contributed by atoms with Gasteiger partial charge in [0.25, 0.3) is 0 Å². The second kappa shape index (κ2) is 11.7. The van der Waals surface area contributed by atoms with Crippen LogP contribution < -0.4 is 14.2 Å². The van der Waals surface area contributed by atoms with Gasteiger partial charge in [-0.2, -0.15) is 0 Å². The molecule has 6 heteroatoms. The normalized spacial score (nSPS) is 17.9. The summed E-state index contributed by atoms with van der Waals surface area (Å²) in [5.41, 5.74) is 3.95. The van der Waals surface area contributed by atoms with E-state index in [0.717, 1.165) is 29.0 Å². The monoisotopic (exact) mass is 526 g/mol. The Morgan fingerprint density at radius 1 is 0.816 bits per heavy atom. The SMILES string of the molecule is CC(C)c1ccc(OCC2CC2Oc2cc(CC(C)c3ccccc3OC(F)(F)F)ccc2C(C)C)cc1. The lowest BCUT2D eigenvalue weighted by Crippen LogP contribution is -2.18. The van der Waals surface area contributed by atoms with Crippen molar-refractivity contribution in [3.8, 4) is 17.2 Å². The number of ether oxygens (including phenoxy) is 3. The van der Waals surface area contributed by atoms with Crippen molar-refractivity contribution in [2.75, 3.05) is 6.61 Å². The van der Waals surface area contributed by atoms with Gasteiger partial charge in [-0.25, -0.2) is 0 Å². The van der Waals surface area contributed by atoms with Crippen molar-refractivity contribution in [3.63, 3.8) is 0 Å². The first-order valence-electron chi connectivity index (χ1n) is 13.4. The standard InChI is InChI=1S/C32H37F3O3/c1-20(2)24-11-13-26(14-12-24)36-19-25-18-30(25)37-31-17-23(10-15-27(31)21(3)4)16-22(5)28-8-6-7-9-29(28)38-32(33,34)35/h6-15,17,20-22,25,30H,16,18-19H2,1-5H3. The quantitative estimate of drug-likeness (QED) is 0.249. The summed E-state index contributed by atoms with van der Waals surface area (Å²) in [6.45, 7) is 11.1. The van der Waals surface area contributed by atoms with Crippen molar-refractivity contribution < 1.29 is 27.4 Å². The first-order valence-corrected chi connectivity index (χ1v) is 13.4. The summed E-state index contributed by atoms with van der Waals surface area (Å²) >= 11 is 0. The molecule has 0 radical (unpaired) electrons. The van der Waals surface area contributed by atoms with E-state index in [1.54, 1.807) is 18.2 Å². The molecular weight excluding hydrogens is 489 g/mol. The molecule has 0 N–H and O–H groups in total. The Morgan fingerprint density at radius 2 is 1.53 bits per heavy atom. The van der Waals surface area contributed by atoms with E-state index in [1.165, 1.54) is 11.6 Å². The maximum Gasteiger partial charge on any atom is 0.573 e. The van der Waals surface area contributed by atoms with E-state index >= 15 is 0 Å². The van der Waals surface area contributed by atoms with E-state index < -0.39 is 6.36 Å². The van der Waals surface area contributed by atoms with Gasteiger partial charge in [-0.1, -0.05) is 77.1 Å². The Hall–Kier alpha value is -3.15. The van der Waals surface area contributed by atoms with Crippen LogP contribution in [0.15, 0.2) is 66.7 Å². The topological polar surface area (TPSA) is 27.7 Å². The van der Waals surface area contributed by atoms with Crippen molar-refractivity contribution in [2.45, 2.75) is 77.7 Å². The highest BCUT2D eigenvalue weighted by molar-refractivity contribution is 5.42. The predicted octanol–water partition coefficient (Wildman–Crippen LogP) is 9.02. The van der Waals surface area contributed by atoms with E-state index in [9.17, 15) is 13.2 Å². The number of hydrogen-bond donors (Lipinski definition) is 0. The third kappa shape index (κ3) is 7.46. The summed E-state index contributed by atoms with van der Waals surface area (Å²) in [6, 6.07) is 20.8. The lowest BCUT2D eigenvalue weighted by atomic mass is 9.91. The molecule has 0 bridgehead atoms. The highest BCUT2D eigenvalue weighted by Gasteiger charge is 2.40. The second-order valence-corrected chi connectivity index (χ2v) is 10.9. The Balaban J connectivity index is 1.40. The number of alkyl halides is 3. The van der Waals surface area contributed by atoms with Gasteiger partial charge in [-0.05, 0) is 77.1 Å². The molecule has 1 aliphatic rings. The zero-order chi connectivity index (χ0) is 27.4. The van der Waals surface area contributed by atoms with Gasteiger partial charge in [0, 0.05) is 5.92 Å². The van der Waals surface area contributed by atoms with E-state index in [1.807, 2.05) is 31.2 Å². The zero-order valence-corrected chi connectivity index (χ0v) is 22.7. The van der Waals surface area contributed by atoms with Crippen molar-refractivity contribution in [3.05, 3.63) is 89.0 Å². The summed E-state index contributed by atoms with van der Waals surface area (Å²) < 4.78 is 55.4. The van der Waals surface area contributed by atoms with Crippen LogP contribution in [0, 0.1) is 5.92 Å². The molecular formula is C32H37F3O3. The lowest BCUT2D eigenvalue weighted by molar-refractivity contribution is -0.275. The van der Waals surface area contributed by atoms with Gasteiger partial charge in [0.1, 0.15) is 23.4 Å². The Labute approximate surface area is 223 Å². The number of para-hydroxylation sites is 1. The smallest absolute Gasteiger partial charge is 0.493 e. The lowest BCUT2D eigenvalue weighted by Gasteiger charge is -2.20. The molecule has 0 amide bonds. The van der Waals surface area contributed by atoms with Crippen LogP contribution in [0.5, 0.6) is 17.2 Å². The summed E-state index contributed by atoms with van der Waals surface area (Å²) in [5, 5.41) is 0. The maximum absolute atomic E-state index is 12.9. The van der Waals surface area contributed by atoms with Crippen molar-refractivity contribution in [1.29, 1.82) is 0 Å². The summed E-state index contributed by atoms with van der Waals surface area (Å²) in [4.78, 5) is 0. The summed E-state index contributed by atoms with van der Waals surface area (Å²) in [5.74, 6) is 2.49.